The minimum atomic E-state index is -3.07. The molecule has 0 aromatic heterocycles. The number of amides is 2. The van der Waals surface area contributed by atoms with E-state index in [4.69, 9.17) is 0 Å². The van der Waals surface area contributed by atoms with Crippen LogP contribution in [0.25, 0.3) is 0 Å². The highest BCUT2D eigenvalue weighted by atomic mass is 32.2. The summed E-state index contributed by atoms with van der Waals surface area (Å²) in [6.07, 6.45) is 0.390. The SMILES string of the molecule is C[C@H](c1ccc(F)c(F)c1)N(C)C(=O)N[C@H]1CCS(=O)(=O)C1. The van der Waals surface area contributed by atoms with Crippen molar-refractivity contribution in [1.82, 2.24) is 10.2 Å². The highest BCUT2D eigenvalue weighted by Gasteiger charge is 2.30. The first kappa shape index (κ1) is 16.7. The Hall–Kier alpha value is -1.70. The van der Waals surface area contributed by atoms with Crippen LogP contribution in [0.15, 0.2) is 18.2 Å². The molecule has 1 aliphatic heterocycles. The Balaban J connectivity index is 2.02. The van der Waals surface area contributed by atoms with E-state index in [2.05, 4.69) is 5.32 Å². The summed E-state index contributed by atoms with van der Waals surface area (Å²) >= 11 is 0. The van der Waals surface area contributed by atoms with Crippen LogP contribution in [0.2, 0.25) is 0 Å². The Morgan fingerprint density at radius 3 is 2.59 bits per heavy atom. The summed E-state index contributed by atoms with van der Waals surface area (Å²) in [5.41, 5.74) is 0.454. The van der Waals surface area contributed by atoms with E-state index in [0.29, 0.717) is 12.0 Å². The van der Waals surface area contributed by atoms with Gasteiger partial charge in [0, 0.05) is 13.1 Å². The van der Waals surface area contributed by atoms with Gasteiger partial charge in [0.05, 0.1) is 17.5 Å². The number of hydrogen-bond acceptors (Lipinski definition) is 3. The first-order valence-corrected chi connectivity index (χ1v) is 8.70. The van der Waals surface area contributed by atoms with Crippen molar-refractivity contribution in [2.75, 3.05) is 18.6 Å². The molecule has 0 spiro atoms. The molecule has 1 fully saturated rings. The van der Waals surface area contributed by atoms with Gasteiger partial charge in [-0.05, 0) is 31.0 Å². The normalized spacial score (nSPS) is 21.4. The monoisotopic (exact) mass is 332 g/mol. The fourth-order valence-electron chi connectivity index (χ4n) is 2.36. The van der Waals surface area contributed by atoms with Crippen LogP contribution in [0.3, 0.4) is 0 Å². The second-order valence-corrected chi connectivity index (χ2v) is 7.74. The van der Waals surface area contributed by atoms with E-state index in [1.54, 1.807) is 6.92 Å². The van der Waals surface area contributed by atoms with E-state index in [9.17, 15) is 22.0 Å². The van der Waals surface area contributed by atoms with Crippen molar-refractivity contribution < 1.29 is 22.0 Å². The van der Waals surface area contributed by atoms with Gasteiger partial charge in [-0.1, -0.05) is 6.07 Å². The molecule has 5 nitrogen and oxygen atoms in total. The molecule has 1 aliphatic rings. The summed E-state index contributed by atoms with van der Waals surface area (Å²) in [5.74, 6) is -1.91. The van der Waals surface area contributed by atoms with Crippen LogP contribution in [0.4, 0.5) is 13.6 Å². The molecule has 22 heavy (non-hydrogen) atoms. The van der Waals surface area contributed by atoms with Gasteiger partial charge >= 0.3 is 6.03 Å². The second-order valence-electron chi connectivity index (χ2n) is 5.51. The number of urea groups is 1. The maximum absolute atomic E-state index is 13.3. The molecule has 8 heteroatoms. The number of rotatable bonds is 3. The van der Waals surface area contributed by atoms with Gasteiger partial charge in [0.2, 0.25) is 0 Å². The molecule has 2 amide bonds. The fraction of sp³-hybridized carbons (Fsp3) is 0.500. The van der Waals surface area contributed by atoms with Crippen LogP contribution >= 0.6 is 0 Å². The van der Waals surface area contributed by atoms with Crippen molar-refractivity contribution in [3.8, 4) is 0 Å². The van der Waals surface area contributed by atoms with Gasteiger partial charge in [-0.3, -0.25) is 0 Å². The summed E-state index contributed by atoms with van der Waals surface area (Å²) in [4.78, 5) is 13.5. The van der Waals surface area contributed by atoms with Gasteiger partial charge in [0.1, 0.15) is 0 Å². The van der Waals surface area contributed by atoms with E-state index in [-0.39, 0.29) is 11.5 Å². The lowest BCUT2D eigenvalue weighted by molar-refractivity contribution is 0.191. The molecule has 1 N–H and O–H groups in total. The Morgan fingerprint density at radius 2 is 2.05 bits per heavy atom. The van der Waals surface area contributed by atoms with E-state index in [1.807, 2.05) is 0 Å². The third-order valence-corrected chi connectivity index (χ3v) is 5.66. The van der Waals surface area contributed by atoms with E-state index in [0.717, 1.165) is 12.1 Å². The molecule has 1 aromatic carbocycles. The third kappa shape index (κ3) is 3.73. The Kier molecular flexibility index (Phi) is 4.69. The summed E-state index contributed by atoms with van der Waals surface area (Å²) in [6.45, 7) is 1.68. The molecule has 1 aromatic rings. The summed E-state index contributed by atoms with van der Waals surface area (Å²) in [6, 6.07) is 2.14. The topological polar surface area (TPSA) is 66.5 Å². The van der Waals surface area contributed by atoms with Gasteiger partial charge < -0.3 is 10.2 Å². The first-order valence-electron chi connectivity index (χ1n) is 6.88. The minimum absolute atomic E-state index is 0.0634. The average molecular weight is 332 g/mol. The zero-order chi connectivity index (χ0) is 16.5. The van der Waals surface area contributed by atoms with E-state index < -0.39 is 39.6 Å². The molecule has 2 atom stereocenters. The molecular weight excluding hydrogens is 314 g/mol. The van der Waals surface area contributed by atoms with Gasteiger partial charge in [-0.15, -0.1) is 0 Å². The number of nitrogens with one attached hydrogen (secondary N) is 1. The molecular formula is C14H18F2N2O3S. The fourth-order valence-corrected chi connectivity index (χ4v) is 4.03. The maximum atomic E-state index is 13.3. The standard InChI is InChI=1S/C14H18F2N2O3S/c1-9(10-3-4-12(15)13(16)7-10)18(2)14(19)17-11-5-6-22(20,21)8-11/h3-4,7,9,11H,5-6,8H2,1-2H3,(H,17,19)/t9-,11+/m1/s1. The Bertz CT molecular complexity index is 679. The summed E-state index contributed by atoms with van der Waals surface area (Å²) in [7, 11) is -1.56. The van der Waals surface area contributed by atoms with Gasteiger partial charge in [-0.2, -0.15) is 0 Å². The van der Waals surface area contributed by atoms with Crippen molar-refractivity contribution in [3.63, 3.8) is 0 Å². The van der Waals surface area contributed by atoms with Gasteiger partial charge in [-0.25, -0.2) is 22.0 Å². The van der Waals surface area contributed by atoms with Crippen molar-refractivity contribution in [2.45, 2.75) is 25.4 Å². The number of hydrogen-bond donors (Lipinski definition) is 1. The molecule has 0 saturated carbocycles. The number of nitrogens with zero attached hydrogens (tertiary/aromatic N) is 1. The van der Waals surface area contributed by atoms with Gasteiger partial charge in [0.15, 0.2) is 21.5 Å². The Morgan fingerprint density at radius 1 is 1.36 bits per heavy atom. The van der Waals surface area contributed by atoms with Crippen molar-refractivity contribution in [2.24, 2.45) is 0 Å². The predicted molar refractivity (Wildman–Crippen MR) is 78.1 cm³/mol. The number of sulfone groups is 1. The van der Waals surface area contributed by atoms with Crippen LogP contribution in [-0.2, 0) is 9.84 Å². The molecule has 122 valence electrons. The zero-order valence-corrected chi connectivity index (χ0v) is 13.2. The third-order valence-electron chi connectivity index (χ3n) is 3.89. The van der Waals surface area contributed by atoms with Crippen molar-refractivity contribution in [1.29, 1.82) is 0 Å². The quantitative estimate of drug-likeness (QED) is 0.919. The number of carbonyl (C=O) groups is 1. The largest absolute Gasteiger partial charge is 0.334 e. The molecule has 1 saturated heterocycles. The van der Waals surface area contributed by atoms with Crippen LogP contribution in [0, 0.1) is 11.6 Å². The lowest BCUT2D eigenvalue weighted by Crippen LogP contribution is -2.44. The first-order chi connectivity index (χ1) is 10.2. The van der Waals surface area contributed by atoms with Crippen molar-refractivity contribution >= 4 is 15.9 Å². The predicted octanol–water partition coefficient (Wildman–Crippen LogP) is 1.85. The number of benzene rings is 1. The number of halogens is 2. The lowest BCUT2D eigenvalue weighted by atomic mass is 10.1. The summed E-state index contributed by atoms with van der Waals surface area (Å²) in [5, 5.41) is 2.65. The highest BCUT2D eigenvalue weighted by Crippen LogP contribution is 2.21. The highest BCUT2D eigenvalue weighted by molar-refractivity contribution is 7.91. The second kappa shape index (κ2) is 6.20. The van der Waals surface area contributed by atoms with Crippen LogP contribution in [0.1, 0.15) is 24.9 Å². The number of carbonyl (C=O) groups excluding carboxylic acids is 1. The maximum Gasteiger partial charge on any atom is 0.317 e. The average Bonchev–Trinajstić information content (AvgIpc) is 2.79. The molecule has 0 unspecified atom stereocenters. The van der Waals surface area contributed by atoms with Crippen LogP contribution in [0.5, 0.6) is 0 Å². The van der Waals surface area contributed by atoms with E-state index >= 15 is 0 Å². The zero-order valence-electron chi connectivity index (χ0n) is 12.3. The molecule has 0 bridgehead atoms. The minimum Gasteiger partial charge on any atom is -0.334 e. The van der Waals surface area contributed by atoms with Gasteiger partial charge in [0.25, 0.3) is 0 Å². The molecule has 0 radical (unpaired) electrons. The van der Waals surface area contributed by atoms with Crippen LogP contribution < -0.4 is 5.32 Å². The summed E-state index contributed by atoms with van der Waals surface area (Å²) < 4.78 is 48.9. The van der Waals surface area contributed by atoms with E-state index in [1.165, 1.54) is 18.0 Å². The molecule has 1 heterocycles. The van der Waals surface area contributed by atoms with Crippen molar-refractivity contribution in [3.05, 3.63) is 35.4 Å². The molecule has 2 rings (SSSR count). The Labute approximate surface area is 128 Å². The lowest BCUT2D eigenvalue weighted by Gasteiger charge is -2.27. The molecule has 0 aliphatic carbocycles. The van der Waals surface area contributed by atoms with Crippen LogP contribution in [-0.4, -0.2) is 43.9 Å². The smallest absolute Gasteiger partial charge is 0.317 e.